The molecule has 1 aromatic rings. The van der Waals surface area contributed by atoms with E-state index < -0.39 is 17.7 Å². The summed E-state index contributed by atoms with van der Waals surface area (Å²) in [4.78, 5) is 11.9. The van der Waals surface area contributed by atoms with Gasteiger partial charge in [-0.3, -0.25) is 0 Å². The Balaban J connectivity index is 2.84. The van der Waals surface area contributed by atoms with Crippen LogP contribution in [0.4, 0.5) is 9.18 Å². The van der Waals surface area contributed by atoms with Crippen LogP contribution in [0.15, 0.2) is 18.2 Å². The molecule has 5 nitrogen and oxygen atoms in total. The number of carbonyl (C=O) groups excluding carboxylic acids is 1. The summed E-state index contributed by atoms with van der Waals surface area (Å²) < 4.78 is 24.8. The first kappa shape index (κ1) is 20.2. The summed E-state index contributed by atoms with van der Waals surface area (Å²) >= 11 is 0. The molecule has 6 heteroatoms. The van der Waals surface area contributed by atoms with Crippen molar-refractivity contribution in [2.45, 2.75) is 65.2 Å². The lowest BCUT2D eigenvalue weighted by Crippen LogP contribution is -2.34. The fourth-order valence-electron chi connectivity index (χ4n) is 2.21. The van der Waals surface area contributed by atoms with Crippen LogP contribution in [-0.2, 0) is 4.74 Å². The van der Waals surface area contributed by atoms with Gasteiger partial charge < -0.3 is 20.5 Å². The van der Waals surface area contributed by atoms with Crippen molar-refractivity contribution in [3.8, 4) is 5.75 Å². The number of nitrogens with one attached hydrogen (secondary N) is 1. The fraction of sp³-hybridized carbons (Fsp3) is 0.611. The van der Waals surface area contributed by atoms with Gasteiger partial charge in [0.15, 0.2) is 0 Å². The molecule has 1 rings (SSSR count). The molecule has 0 saturated carbocycles. The summed E-state index contributed by atoms with van der Waals surface area (Å²) in [6.45, 7) is 9.65. The van der Waals surface area contributed by atoms with Crippen LogP contribution in [0.1, 0.15) is 59.1 Å². The van der Waals surface area contributed by atoms with Gasteiger partial charge in [0, 0.05) is 5.56 Å². The SMILES string of the molecule is CC(CCCN)Oc1ccc(F)cc1C(C)NC(=O)OC(C)(C)C. The molecule has 0 radical (unpaired) electrons. The zero-order chi connectivity index (χ0) is 18.3. The van der Waals surface area contributed by atoms with Gasteiger partial charge in [-0.15, -0.1) is 0 Å². The Bertz CT molecular complexity index is 544. The molecule has 2 unspecified atom stereocenters. The van der Waals surface area contributed by atoms with Crippen LogP contribution in [-0.4, -0.2) is 24.3 Å². The molecule has 0 bridgehead atoms. The smallest absolute Gasteiger partial charge is 0.408 e. The fourth-order valence-corrected chi connectivity index (χ4v) is 2.21. The normalized spacial score (nSPS) is 14.0. The minimum absolute atomic E-state index is 0.0495. The maximum atomic E-state index is 13.6. The van der Waals surface area contributed by atoms with Gasteiger partial charge >= 0.3 is 6.09 Å². The van der Waals surface area contributed by atoms with Gasteiger partial charge in [-0.1, -0.05) is 0 Å². The third-order valence-corrected chi connectivity index (χ3v) is 3.31. The summed E-state index contributed by atoms with van der Waals surface area (Å²) in [5, 5.41) is 2.71. The highest BCUT2D eigenvalue weighted by Crippen LogP contribution is 2.28. The molecule has 0 fully saturated rings. The minimum atomic E-state index is -0.595. The maximum absolute atomic E-state index is 13.6. The molecule has 136 valence electrons. The van der Waals surface area contributed by atoms with E-state index in [1.54, 1.807) is 33.8 Å². The molecular formula is C18H29FN2O3. The van der Waals surface area contributed by atoms with Gasteiger partial charge in [-0.25, -0.2) is 9.18 Å². The van der Waals surface area contributed by atoms with Crippen molar-refractivity contribution in [2.24, 2.45) is 5.73 Å². The molecule has 0 aliphatic heterocycles. The predicted molar refractivity (Wildman–Crippen MR) is 92.6 cm³/mol. The molecule has 24 heavy (non-hydrogen) atoms. The second-order valence-electron chi connectivity index (χ2n) is 6.91. The van der Waals surface area contributed by atoms with Crippen molar-refractivity contribution in [3.63, 3.8) is 0 Å². The summed E-state index contributed by atoms with van der Waals surface area (Å²) in [6.07, 6.45) is 1.05. The molecule has 0 aromatic heterocycles. The minimum Gasteiger partial charge on any atom is -0.490 e. The summed E-state index contributed by atoms with van der Waals surface area (Å²) in [7, 11) is 0. The van der Waals surface area contributed by atoms with E-state index in [0.717, 1.165) is 12.8 Å². The van der Waals surface area contributed by atoms with Gasteiger partial charge in [-0.2, -0.15) is 0 Å². The molecule has 1 aromatic carbocycles. The topological polar surface area (TPSA) is 73.6 Å². The van der Waals surface area contributed by atoms with Crippen molar-refractivity contribution in [3.05, 3.63) is 29.6 Å². The van der Waals surface area contributed by atoms with E-state index >= 15 is 0 Å². The monoisotopic (exact) mass is 340 g/mol. The average Bonchev–Trinajstić information content (AvgIpc) is 2.44. The van der Waals surface area contributed by atoms with Crippen LogP contribution in [0.25, 0.3) is 0 Å². The molecular weight excluding hydrogens is 311 g/mol. The van der Waals surface area contributed by atoms with Crippen molar-refractivity contribution < 1.29 is 18.7 Å². The van der Waals surface area contributed by atoms with Crippen LogP contribution < -0.4 is 15.8 Å². The van der Waals surface area contributed by atoms with E-state index in [1.165, 1.54) is 12.1 Å². The van der Waals surface area contributed by atoms with Crippen molar-refractivity contribution in [1.82, 2.24) is 5.32 Å². The van der Waals surface area contributed by atoms with Gasteiger partial charge in [0.2, 0.25) is 0 Å². The van der Waals surface area contributed by atoms with Crippen LogP contribution in [0.3, 0.4) is 0 Å². The number of hydrogen-bond donors (Lipinski definition) is 2. The number of alkyl carbamates (subject to hydrolysis) is 1. The Morgan fingerprint density at radius 3 is 2.58 bits per heavy atom. The van der Waals surface area contributed by atoms with Crippen LogP contribution in [0.2, 0.25) is 0 Å². The highest BCUT2D eigenvalue weighted by molar-refractivity contribution is 5.68. The van der Waals surface area contributed by atoms with E-state index in [9.17, 15) is 9.18 Å². The van der Waals surface area contributed by atoms with Gasteiger partial charge in [-0.05, 0) is 72.2 Å². The summed E-state index contributed by atoms with van der Waals surface area (Å²) in [5.41, 5.74) is 5.48. The average molecular weight is 340 g/mol. The zero-order valence-corrected chi connectivity index (χ0v) is 15.2. The number of ether oxygens (including phenoxy) is 2. The van der Waals surface area contributed by atoms with E-state index in [4.69, 9.17) is 15.2 Å². The molecule has 3 N–H and O–H groups in total. The number of nitrogens with two attached hydrogens (primary N) is 1. The Morgan fingerprint density at radius 1 is 1.33 bits per heavy atom. The lowest BCUT2D eigenvalue weighted by atomic mass is 10.1. The summed E-state index contributed by atoms with van der Waals surface area (Å²) in [6, 6.07) is 3.84. The first-order valence-electron chi connectivity index (χ1n) is 8.28. The van der Waals surface area contributed by atoms with Crippen molar-refractivity contribution >= 4 is 6.09 Å². The third-order valence-electron chi connectivity index (χ3n) is 3.31. The Labute approximate surface area is 143 Å². The van der Waals surface area contributed by atoms with Gasteiger partial charge in [0.25, 0.3) is 0 Å². The lowest BCUT2D eigenvalue weighted by molar-refractivity contribution is 0.0507. The summed E-state index contributed by atoms with van der Waals surface area (Å²) in [5.74, 6) is 0.161. The number of carbonyl (C=O) groups is 1. The molecule has 0 aliphatic carbocycles. The van der Waals surface area contributed by atoms with Crippen LogP contribution in [0, 0.1) is 5.82 Å². The first-order chi connectivity index (χ1) is 11.1. The molecule has 0 spiro atoms. The zero-order valence-electron chi connectivity index (χ0n) is 15.2. The Kier molecular flexibility index (Phi) is 7.48. The number of amides is 1. The van der Waals surface area contributed by atoms with Crippen molar-refractivity contribution in [2.75, 3.05) is 6.54 Å². The van der Waals surface area contributed by atoms with E-state index in [2.05, 4.69) is 5.32 Å². The molecule has 2 atom stereocenters. The highest BCUT2D eigenvalue weighted by Gasteiger charge is 2.21. The quantitative estimate of drug-likeness (QED) is 0.789. The third kappa shape index (κ3) is 7.17. The largest absolute Gasteiger partial charge is 0.490 e. The number of halogens is 1. The lowest BCUT2D eigenvalue weighted by Gasteiger charge is -2.24. The molecule has 0 aliphatic rings. The van der Waals surface area contributed by atoms with Crippen LogP contribution >= 0.6 is 0 Å². The Morgan fingerprint density at radius 2 is 2.00 bits per heavy atom. The van der Waals surface area contributed by atoms with E-state index in [1.807, 2.05) is 6.92 Å². The number of hydrogen-bond acceptors (Lipinski definition) is 4. The second-order valence-corrected chi connectivity index (χ2v) is 6.91. The first-order valence-corrected chi connectivity index (χ1v) is 8.28. The standard InChI is InChI=1S/C18H29FN2O3/c1-12(7-6-10-20)23-16-9-8-14(19)11-15(16)13(2)21-17(22)24-18(3,4)5/h8-9,11-13H,6-7,10,20H2,1-5H3,(H,21,22). The second kappa shape index (κ2) is 8.87. The molecule has 0 heterocycles. The maximum Gasteiger partial charge on any atom is 0.408 e. The highest BCUT2D eigenvalue weighted by atomic mass is 19.1. The van der Waals surface area contributed by atoms with Crippen LogP contribution in [0.5, 0.6) is 5.75 Å². The molecule has 0 saturated heterocycles. The van der Waals surface area contributed by atoms with Crippen molar-refractivity contribution in [1.29, 1.82) is 0 Å². The van der Waals surface area contributed by atoms with E-state index in [0.29, 0.717) is 17.9 Å². The van der Waals surface area contributed by atoms with Gasteiger partial charge in [0.1, 0.15) is 17.2 Å². The predicted octanol–water partition coefficient (Wildman–Crippen LogP) is 3.92. The van der Waals surface area contributed by atoms with E-state index in [-0.39, 0.29) is 11.9 Å². The Hall–Kier alpha value is -1.82. The number of rotatable bonds is 7. The number of benzene rings is 1. The van der Waals surface area contributed by atoms with Gasteiger partial charge in [0.05, 0.1) is 12.1 Å². The molecule has 1 amide bonds.